The molecule has 0 bridgehead atoms. The van der Waals surface area contributed by atoms with Crippen molar-refractivity contribution in [3.8, 4) is 0 Å². The predicted octanol–water partition coefficient (Wildman–Crippen LogP) is -4.77. The zero-order valence-electron chi connectivity index (χ0n) is 11.3. The number of phosphoric acid groups is 1. The van der Waals surface area contributed by atoms with Gasteiger partial charge in [0, 0.05) is 0 Å². The predicted molar refractivity (Wildman–Crippen MR) is 67.1 cm³/mol. The lowest BCUT2D eigenvalue weighted by Crippen LogP contribution is -2.58. The van der Waals surface area contributed by atoms with E-state index in [1.165, 1.54) is 0 Å². The Bertz CT molecular complexity index is 341. The highest BCUT2D eigenvalue weighted by molar-refractivity contribution is 7.46. The Balaban J connectivity index is 0.000000626. The first kappa shape index (κ1) is 21.8. The molecule has 12 nitrogen and oxygen atoms in total. The highest BCUT2D eigenvalue weighted by Crippen LogP contribution is 2.40. The van der Waals surface area contributed by atoms with Crippen LogP contribution in [0.15, 0.2) is 0 Å². The van der Waals surface area contributed by atoms with E-state index in [1.807, 2.05) is 0 Å². The van der Waals surface area contributed by atoms with Crippen LogP contribution in [0.1, 0.15) is 0 Å². The molecule has 0 aromatic rings. The van der Waals surface area contributed by atoms with Crippen LogP contribution in [0.3, 0.4) is 0 Å². The molecule has 134 valence electrons. The first-order valence-electron chi connectivity index (χ1n) is 6.01. The fourth-order valence-corrected chi connectivity index (χ4v) is 1.79. The number of ether oxygens (including phenoxy) is 1. The van der Waals surface area contributed by atoms with Crippen LogP contribution in [0.5, 0.6) is 0 Å². The molecule has 0 aromatic heterocycles. The number of aliphatic hydroxyl groups excluding tert-OH is 7. The Morgan fingerprint density at radius 2 is 1.50 bits per heavy atom. The zero-order valence-corrected chi connectivity index (χ0v) is 12.2. The van der Waals surface area contributed by atoms with E-state index in [0.717, 1.165) is 0 Å². The molecule has 0 aromatic carbocycles. The van der Waals surface area contributed by atoms with Gasteiger partial charge in [0.2, 0.25) is 0 Å². The highest BCUT2D eigenvalue weighted by atomic mass is 31.2. The standard InChI is InChI=1S/C6H13O9P.C3H8O3/c7-1-2-3(8)4(9)5(10)6(14-2)15-16(11,12)13;4-1-3(6)2-5/h2-10H,1H2,(H2,11,12,13);3-6H,1-2H2/t2-,3-,4+,5-,6?;/m1./s1. The summed E-state index contributed by atoms with van der Waals surface area (Å²) in [6.07, 6.45) is -9.21. The number of hydrogen-bond donors (Lipinski definition) is 9. The van der Waals surface area contributed by atoms with Crippen LogP contribution in [0.2, 0.25) is 0 Å². The van der Waals surface area contributed by atoms with Gasteiger partial charge in [-0.05, 0) is 0 Å². The summed E-state index contributed by atoms with van der Waals surface area (Å²) in [5.41, 5.74) is 0. The van der Waals surface area contributed by atoms with Crippen molar-refractivity contribution < 1.29 is 59.4 Å². The second-order valence-electron chi connectivity index (χ2n) is 4.31. The maximum absolute atomic E-state index is 10.5. The Labute approximate surface area is 125 Å². The van der Waals surface area contributed by atoms with E-state index in [4.69, 9.17) is 30.2 Å². The third-order valence-corrected chi connectivity index (χ3v) is 2.99. The van der Waals surface area contributed by atoms with Gasteiger partial charge in [-0.25, -0.2) is 4.57 Å². The smallest absolute Gasteiger partial charge is 0.394 e. The normalized spacial score (nSPS) is 32.5. The zero-order chi connectivity index (χ0) is 17.5. The number of hydrogen-bond acceptors (Lipinski definition) is 10. The molecule has 1 fully saturated rings. The monoisotopic (exact) mass is 352 g/mol. The lowest BCUT2D eigenvalue weighted by molar-refractivity contribution is -0.280. The van der Waals surface area contributed by atoms with Crippen LogP contribution < -0.4 is 0 Å². The largest absolute Gasteiger partial charge is 0.472 e. The summed E-state index contributed by atoms with van der Waals surface area (Å²) >= 11 is 0. The van der Waals surface area contributed by atoms with Crippen molar-refractivity contribution in [1.29, 1.82) is 0 Å². The van der Waals surface area contributed by atoms with Gasteiger partial charge in [0.15, 0.2) is 6.29 Å². The molecule has 0 aliphatic carbocycles. The summed E-state index contributed by atoms with van der Waals surface area (Å²) in [6, 6.07) is 0. The number of aliphatic hydroxyl groups is 7. The van der Waals surface area contributed by atoms with Crippen molar-refractivity contribution in [1.82, 2.24) is 0 Å². The molecular weight excluding hydrogens is 331 g/mol. The van der Waals surface area contributed by atoms with Crippen molar-refractivity contribution in [2.45, 2.75) is 36.8 Å². The van der Waals surface area contributed by atoms with Crippen LogP contribution in [0.25, 0.3) is 0 Å². The van der Waals surface area contributed by atoms with Crippen LogP contribution >= 0.6 is 7.82 Å². The Morgan fingerprint density at radius 1 is 1.00 bits per heavy atom. The molecule has 0 radical (unpaired) electrons. The van der Waals surface area contributed by atoms with Crippen LogP contribution in [-0.4, -0.2) is 102 Å². The molecular formula is C9H21O12P. The van der Waals surface area contributed by atoms with E-state index in [0.29, 0.717) is 0 Å². The molecule has 1 heterocycles. The maximum Gasteiger partial charge on any atom is 0.472 e. The topological polar surface area (TPSA) is 218 Å². The second kappa shape index (κ2) is 9.82. The van der Waals surface area contributed by atoms with Crippen molar-refractivity contribution in [3.63, 3.8) is 0 Å². The summed E-state index contributed by atoms with van der Waals surface area (Å²) < 4.78 is 19.2. The minimum Gasteiger partial charge on any atom is -0.394 e. The summed E-state index contributed by atoms with van der Waals surface area (Å²) in [6.45, 7) is -1.43. The van der Waals surface area contributed by atoms with Gasteiger partial charge < -0.3 is 50.3 Å². The van der Waals surface area contributed by atoms with Gasteiger partial charge in [0.1, 0.15) is 30.5 Å². The molecule has 1 aliphatic rings. The molecule has 22 heavy (non-hydrogen) atoms. The molecule has 13 heteroatoms. The van der Waals surface area contributed by atoms with Crippen molar-refractivity contribution in [2.75, 3.05) is 19.8 Å². The molecule has 1 saturated heterocycles. The summed E-state index contributed by atoms with van der Waals surface area (Å²) in [7, 11) is -4.91. The van der Waals surface area contributed by atoms with E-state index >= 15 is 0 Å². The van der Waals surface area contributed by atoms with Gasteiger partial charge in [-0.1, -0.05) is 0 Å². The van der Waals surface area contributed by atoms with Gasteiger partial charge in [0.25, 0.3) is 0 Å². The molecule has 0 spiro atoms. The fourth-order valence-electron chi connectivity index (χ4n) is 1.35. The summed E-state index contributed by atoms with van der Waals surface area (Å²) in [5, 5.41) is 60.6. The minimum atomic E-state index is -4.91. The number of rotatable bonds is 5. The maximum atomic E-state index is 10.5. The molecule has 0 amide bonds. The van der Waals surface area contributed by atoms with E-state index in [2.05, 4.69) is 9.26 Å². The van der Waals surface area contributed by atoms with Crippen molar-refractivity contribution >= 4 is 7.82 Å². The van der Waals surface area contributed by atoms with E-state index in [-0.39, 0.29) is 13.2 Å². The Morgan fingerprint density at radius 3 is 1.82 bits per heavy atom. The molecule has 1 rings (SSSR count). The molecule has 1 aliphatic heterocycles. The lowest BCUT2D eigenvalue weighted by atomic mass is 10.00. The van der Waals surface area contributed by atoms with Crippen LogP contribution in [0.4, 0.5) is 0 Å². The van der Waals surface area contributed by atoms with Crippen molar-refractivity contribution in [2.24, 2.45) is 0 Å². The second-order valence-corrected chi connectivity index (χ2v) is 5.50. The first-order valence-corrected chi connectivity index (χ1v) is 7.54. The lowest BCUT2D eigenvalue weighted by Gasteiger charge is -2.39. The quantitative estimate of drug-likeness (QED) is 0.213. The highest BCUT2D eigenvalue weighted by Gasteiger charge is 2.46. The van der Waals surface area contributed by atoms with Crippen molar-refractivity contribution in [3.05, 3.63) is 0 Å². The van der Waals surface area contributed by atoms with Crippen LogP contribution in [0, 0.1) is 0 Å². The van der Waals surface area contributed by atoms with Gasteiger partial charge in [-0.3, -0.25) is 4.52 Å². The molecule has 5 atom stereocenters. The third kappa shape index (κ3) is 7.37. The third-order valence-electron chi connectivity index (χ3n) is 2.51. The first-order chi connectivity index (χ1) is 10.1. The Kier molecular flexibility index (Phi) is 9.73. The van der Waals surface area contributed by atoms with Gasteiger partial charge in [-0.2, -0.15) is 0 Å². The fraction of sp³-hybridized carbons (Fsp3) is 1.00. The van der Waals surface area contributed by atoms with Gasteiger partial charge >= 0.3 is 7.82 Å². The average Bonchev–Trinajstić information content (AvgIpc) is 2.46. The number of phosphoric ester groups is 1. The van der Waals surface area contributed by atoms with Gasteiger partial charge in [0.05, 0.1) is 19.8 Å². The average molecular weight is 352 g/mol. The molecule has 0 saturated carbocycles. The van der Waals surface area contributed by atoms with Gasteiger partial charge in [-0.15, -0.1) is 0 Å². The minimum absolute atomic E-state index is 0.365. The van der Waals surface area contributed by atoms with E-state index in [9.17, 15) is 19.9 Å². The summed E-state index contributed by atoms with van der Waals surface area (Å²) in [4.78, 5) is 17.0. The molecule has 1 unspecified atom stereocenters. The molecule has 9 N–H and O–H groups in total. The van der Waals surface area contributed by atoms with Crippen LogP contribution in [-0.2, 0) is 13.8 Å². The van der Waals surface area contributed by atoms with E-state index in [1.54, 1.807) is 0 Å². The SMILES string of the molecule is O=P(O)(O)OC1O[C@H](CO)[C@@H](O)[C@H](O)[C@H]1O.OCC(O)CO. The Hall–Kier alpha value is -0.210. The summed E-state index contributed by atoms with van der Waals surface area (Å²) in [5.74, 6) is 0. The van der Waals surface area contributed by atoms with E-state index < -0.39 is 51.2 Å².